The highest BCUT2D eigenvalue weighted by molar-refractivity contribution is 5.90. The van der Waals surface area contributed by atoms with Crippen LogP contribution in [-0.2, 0) is 48.7 Å². The molecule has 1 aromatic heterocycles. The molecule has 11 heteroatoms. The molecule has 0 unspecified atom stereocenters. The molecule has 5 bridgehead atoms. The third-order valence-corrected chi connectivity index (χ3v) is 18.7. The number of esters is 2. The van der Waals surface area contributed by atoms with Crippen molar-refractivity contribution >= 4 is 22.9 Å². The van der Waals surface area contributed by atoms with Gasteiger partial charge in [-0.3, -0.25) is 4.79 Å². The van der Waals surface area contributed by atoms with Gasteiger partial charge in [0.1, 0.15) is 11.3 Å². The van der Waals surface area contributed by atoms with Crippen molar-refractivity contribution in [2.24, 2.45) is 11.8 Å². The predicted octanol–water partition coefficient (Wildman–Crippen LogP) is 11.6. The molecular weight excluding hydrogens is 981 g/mol. The lowest BCUT2D eigenvalue weighted by Gasteiger charge is -2.51. The van der Waals surface area contributed by atoms with Crippen LogP contribution in [0.25, 0.3) is 11.0 Å². The van der Waals surface area contributed by atoms with Crippen LogP contribution in [0.2, 0.25) is 0 Å². The molecular formula is C67H74O11. The van der Waals surface area contributed by atoms with Crippen LogP contribution in [0.5, 0.6) is 5.75 Å². The smallest absolute Gasteiger partial charge is 0.340 e. The van der Waals surface area contributed by atoms with Gasteiger partial charge in [-0.2, -0.15) is 0 Å². The highest BCUT2D eigenvalue weighted by Crippen LogP contribution is 2.55. The molecule has 6 aliphatic rings. The molecule has 408 valence electrons. The quantitative estimate of drug-likeness (QED) is 0.0379. The second-order valence-electron chi connectivity index (χ2n) is 23.1. The van der Waals surface area contributed by atoms with E-state index in [0.717, 1.165) is 61.6 Å². The van der Waals surface area contributed by atoms with E-state index < -0.39 is 47.9 Å². The Kier molecular flexibility index (Phi) is 16.0. The van der Waals surface area contributed by atoms with Crippen LogP contribution in [0.4, 0.5) is 0 Å². The summed E-state index contributed by atoms with van der Waals surface area (Å²) in [4.78, 5) is 45.4. The summed E-state index contributed by atoms with van der Waals surface area (Å²) in [6.07, 6.45) is 14.3. The molecule has 4 heterocycles. The monoisotopic (exact) mass is 1050 g/mol. The Morgan fingerprint density at radius 1 is 0.833 bits per heavy atom. The first-order chi connectivity index (χ1) is 38.1. The van der Waals surface area contributed by atoms with E-state index in [4.69, 9.17) is 23.4 Å². The number of hydrogen-bond donors (Lipinski definition) is 3. The maximum atomic E-state index is 15.6. The Morgan fingerprint density at radius 3 is 2.40 bits per heavy atom. The largest absolute Gasteiger partial charge is 0.481 e. The number of aryl methyl sites for hydroxylation is 1. The van der Waals surface area contributed by atoms with Crippen molar-refractivity contribution < 1.29 is 48.3 Å². The average molecular weight is 1060 g/mol. The van der Waals surface area contributed by atoms with Gasteiger partial charge in [-0.15, -0.1) is 0 Å². The third-order valence-electron chi connectivity index (χ3n) is 18.7. The topological polar surface area (TPSA) is 162 Å². The highest BCUT2D eigenvalue weighted by Gasteiger charge is 2.59. The minimum Gasteiger partial charge on any atom is -0.481 e. The minimum absolute atomic E-state index is 0.00377. The van der Waals surface area contributed by atoms with Gasteiger partial charge in [0.25, 0.3) is 0 Å². The molecule has 3 aliphatic heterocycles. The number of ether oxygens (including phenoxy) is 4. The summed E-state index contributed by atoms with van der Waals surface area (Å²) >= 11 is 0. The number of carbonyl (C=O) groups excluding carboxylic acids is 2. The van der Waals surface area contributed by atoms with Crippen LogP contribution in [0.1, 0.15) is 177 Å². The molecule has 2 saturated carbocycles. The standard InChI is InChI=1S/C67H74O11/c1-42(39-69)52-25-22-43-23-26-53-46(35-43)15-10-13-33-67(50-19-8-4-9-20-50)63(77-64(52)72)62(60-57(78-67)29-28-55-56(40-70)59(65(73)76-61(55)60)47(30-34-68)41-74-2)75-58(71)38-48-36-45(24-27-54(48)53)44-16-14-21-51(37-44)66(31-11-5-12-32-66)49-17-6-3-7-18-49/h3,6-7,14,16-18,21,23-24,26-29,35,37,45,47-48,50,54,62-63,68-70H,4-5,8-9,11-12,15,19-20,22,25,30-34,36,38-41H2,1-2H3/b52-42-/t45-,47+,48-,54+,62+,63-,67-/m0/s1. The maximum Gasteiger partial charge on any atom is 0.340 e. The molecule has 11 rings (SSSR count). The van der Waals surface area contributed by atoms with E-state index in [1.54, 1.807) is 19.1 Å². The first-order valence-corrected chi connectivity index (χ1v) is 28.7. The van der Waals surface area contributed by atoms with E-state index >= 15 is 9.59 Å². The van der Waals surface area contributed by atoms with Crippen LogP contribution in [0, 0.1) is 23.7 Å². The summed E-state index contributed by atoms with van der Waals surface area (Å²) < 4.78 is 33.3. The first-order valence-electron chi connectivity index (χ1n) is 28.7. The second kappa shape index (κ2) is 23.2. The van der Waals surface area contributed by atoms with Gasteiger partial charge in [0, 0.05) is 72.2 Å². The van der Waals surface area contributed by atoms with Gasteiger partial charge < -0.3 is 38.7 Å². The van der Waals surface area contributed by atoms with Crippen molar-refractivity contribution in [2.45, 2.75) is 164 Å². The fourth-order valence-electron chi connectivity index (χ4n) is 14.7. The van der Waals surface area contributed by atoms with Crippen LogP contribution in [-0.4, -0.2) is 65.9 Å². The zero-order valence-electron chi connectivity index (χ0n) is 45.2. The minimum atomic E-state index is -1.36. The summed E-state index contributed by atoms with van der Waals surface area (Å²) in [6, 6.07) is 30.1. The Balaban J connectivity index is 1.10. The number of aliphatic hydroxyl groups excluding tert-OH is 3. The molecule has 3 aliphatic carbocycles. The fourth-order valence-corrected chi connectivity index (χ4v) is 14.7. The Hall–Kier alpha value is -6.29. The zero-order chi connectivity index (χ0) is 54.0. The lowest BCUT2D eigenvalue weighted by atomic mass is 9.64. The molecule has 3 N–H and O–H groups in total. The number of aliphatic hydroxyl groups is 3. The lowest BCUT2D eigenvalue weighted by Crippen LogP contribution is -2.60. The van der Waals surface area contributed by atoms with Gasteiger partial charge in [-0.1, -0.05) is 135 Å². The SMILES string of the molecule is COC[C@@H](CCO)c1c(CO)c2ccc3c(c2oc1=O)[C@H]1OC(=O)C[C@@H]2C[C@@H](c4cccc(C5(c6ccccc6)CCCCC5)c4)C=C[C@H]2c2ccc4cc2CC#CC[C@@](C2CCCCC2)(O3)[C@H]1OC(=O)/C(=C(/C)CO)CC4. The molecule has 5 aromatic rings. The predicted molar refractivity (Wildman–Crippen MR) is 298 cm³/mol. The number of hydrogen-bond acceptors (Lipinski definition) is 11. The van der Waals surface area contributed by atoms with Crippen molar-refractivity contribution in [3.63, 3.8) is 0 Å². The summed E-state index contributed by atoms with van der Waals surface area (Å²) in [6.45, 7) is 0.681. The van der Waals surface area contributed by atoms with Gasteiger partial charge in [0.05, 0.1) is 31.8 Å². The molecule has 4 aromatic carbocycles. The molecule has 7 atom stereocenters. The number of carbonyl (C=O) groups is 2. The normalized spacial score (nSPS) is 26.2. The Morgan fingerprint density at radius 2 is 1.63 bits per heavy atom. The molecule has 0 spiro atoms. The number of rotatable bonds is 11. The molecule has 78 heavy (non-hydrogen) atoms. The summed E-state index contributed by atoms with van der Waals surface area (Å²) in [5.41, 5.74) is 6.44. The first kappa shape index (κ1) is 53.7. The van der Waals surface area contributed by atoms with Crippen LogP contribution < -0.4 is 10.4 Å². The number of methoxy groups -OCH3 is 1. The van der Waals surface area contributed by atoms with E-state index in [9.17, 15) is 20.1 Å². The Labute approximate surface area is 458 Å². The van der Waals surface area contributed by atoms with Crippen LogP contribution in [0.15, 0.2) is 117 Å². The van der Waals surface area contributed by atoms with Crippen molar-refractivity contribution in [3.8, 4) is 17.6 Å². The van der Waals surface area contributed by atoms with Crippen molar-refractivity contribution in [3.05, 3.63) is 169 Å². The molecule has 2 fully saturated rings. The lowest BCUT2D eigenvalue weighted by molar-refractivity contribution is -0.204. The van der Waals surface area contributed by atoms with E-state index in [-0.39, 0.29) is 91.3 Å². The molecule has 0 radical (unpaired) electrons. The van der Waals surface area contributed by atoms with E-state index in [1.807, 2.05) is 0 Å². The third kappa shape index (κ3) is 10.1. The van der Waals surface area contributed by atoms with Crippen molar-refractivity contribution in [2.75, 3.05) is 26.9 Å². The van der Waals surface area contributed by atoms with Crippen LogP contribution in [0.3, 0.4) is 0 Å². The molecule has 0 amide bonds. The second-order valence-corrected chi connectivity index (χ2v) is 23.1. The van der Waals surface area contributed by atoms with E-state index in [1.165, 1.54) is 43.1 Å². The molecule has 0 saturated heterocycles. The summed E-state index contributed by atoms with van der Waals surface area (Å²) in [7, 11) is 1.51. The fraction of sp³-hybridized carbons (Fsp3) is 0.478. The Bertz CT molecular complexity index is 3210. The van der Waals surface area contributed by atoms with Gasteiger partial charge in [-0.25, -0.2) is 9.59 Å². The van der Waals surface area contributed by atoms with Crippen molar-refractivity contribution in [1.29, 1.82) is 0 Å². The number of benzene rings is 4. The molecule has 11 nitrogen and oxygen atoms in total. The summed E-state index contributed by atoms with van der Waals surface area (Å²) in [5, 5.41) is 32.3. The van der Waals surface area contributed by atoms with E-state index in [2.05, 4.69) is 96.8 Å². The van der Waals surface area contributed by atoms with Crippen molar-refractivity contribution in [1.82, 2.24) is 0 Å². The number of fused-ring (bicyclic) bond motifs is 9. The average Bonchev–Trinajstić information content (AvgIpc) is 3.60. The van der Waals surface area contributed by atoms with E-state index in [0.29, 0.717) is 47.1 Å². The van der Waals surface area contributed by atoms with Gasteiger partial charge in [0.2, 0.25) is 0 Å². The maximum absolute atomic E-state index is 15.6. The zero-order valence-corrected chi connectivity index (χ0v) is 45.2. The summed E-state index contributed by atoms with van der Waals surface area (Å²) in [5.74, 6) is 5.09. The highest BCUT2D eigenvalue weighted by atomic mass is 16.6. The van der Waals surface area contributed by atoms with Gasteiger partial charge in [0.15, 0.2) is 17.8 Å². The van der Waals surface area contributed by atoms with Crippen LogP contribution >= 0.6 is 0 Å². The number of allylic oxidation sites excluding steroid dienone is 2. The van der Waals surface area contributed by atoms with Gasteiger partial charge >= 0.3 is 17.6 Å². The van der Waals surface area contributed by atoms with Gasteiger partial charge in [-0.05, 0) is 121 Å².